The maximum absolute atomic E-state index is 5.74. The highest BCUT2D eigenvalue weighted by molar-refractivity contribution is 7.80. The van der Waals surface area contributed by atoms with E-state index in [1.54, 1.807) is 6.20 Å². The molecule has 0 amide bonds. The smallest absolute Gasteiger partial charge is 0.123 e. The average Bonchev–Trinajstić information content (AvgIpc) is 2.34. The zero-order valence-corrected chi connectivity index (χ0v) is 12.7. The van der Waals surface area contributed by atoms with Gasteiger partial charge in [0.05, 0.1) is 0 Å². The van der Waals surface area contributed by atoms with Crippen LogP contribution in [0.25, 0.3) is 0 Å². The highest BCUT2D eigenvalue weighted by Crippen LogP contribution is 2.21. The van der Waals surface area contributed by atoms with Crippen LogP contribution >= 0.6 is 12.2 Å². The molecule has 0 atom stereocenters. The Morgan fingerprint density at radius 1 is 1.47 bits per heavy atom. The molecule has 0 aromatic carbocycles. The van der Waals surface area contributed by atoms with E-state index in [1.807, 2.05) is 6.07 Å². The number of nitrogens with zero attached hydrogens (tertiary/aromatic N) is 3. The second kappa shape index (κ2) is 5.53. The number of nitrogens with two attached hydrogens (primary N) is 1. The van der Waals surface area contributed by atoms with Crippen molar-refractivity contribution in [3.63, 3.8) is 0 Å². The molecule has 1 saturated heterocycles. The Morgan fingerprint density at radius 2 is 2.21 bits per heavy atom. The Hall–Kier alpha value is -1.04. The Kier molecular flexibility index (Phi) is 4.18. The normalized spacial score (nSPS) is 20.4. The van der Waals surface area contributed by atoms with Gasteiger partial charge < -0.3 is 5.73 Å². The fraction of sp³-hybridized carbons (Fsp3) is 0.571. The third-order valence-corrected chi connectivity index (χ3v) is 4.11. The van der Waals surface area contributed by atoms with Crippen LogP contribution < -0.4 is 5.73 Å². The molecule has 1 aliphatic heterocycles. The minimum atomic E-state index is 0.198. The van der Waals surface area contributed by atoms with E-state index in [0.717, 1.165) is 37.4 Å². The lowest BCUT2D eigenvalue weighted by molar-refractivity contribution is 0.0359. The Bertz CT molecular complexity index is 472. The van der Waals surface area contributed by atoms with Crippen molar-refractivity contribution in [2.24, 2.45) is 5.73 Å². The molecule has 2 heterocycles. The highest BCUT2D eigenvalue weighted by atomic mass is 32.1. The number of pyridine rings is 1. The molecule has 1 aromatic heterocycles. The van der Waals surface area contributed by atoms with Gasteiger partial charge in [-0.15, -0.1) is 0 Å². The van der Waals surface area contributed by atoms with Crippen molar-refractivity contribution < 1.29 is 0 Å². The Labute approximate surface area is 120 Å². The number of hydrogen-bond donors (Lipinski definition) is 1. The van der Waals surface area contributed by atoms with E-state index in [-0.39, 0.29) is 5.54 Å². The van der Waals surface area contributed by atoms with Gasteiger partial charge in [0.2, 0.25) is 0 Å². The van der Waals surface area contributed by atoms with Crippen molar-refractivity contribution in [2.75, 3.05) is 26.7 Å². The van der Waals surface area contributed by atoms with Crippen molar-refractivity contribution in [3.05, 3.63) is 29.6 Å². The van der Waals surface area contributed by atoms with Crippen molar-refractivity contribution in [3.8, 4) is 0 Å². The largest absolute Gasteiger partial charge is 0.388 e. The summed E-state index contributed by atoms with van der Waals surface area (Å²) in [6, 6.07) is 4.01. The summed E-state index contributed by atoms with van der Waals surface area (Å²) in [5.74, 6) is 0. The fourth-order valence-corrected chi connectivity index (χ4v) is 2.69. The van der Waals surface area contributed by atoms with Gasteiger partial charge in [0, 0.05) is 37.9 Å². The lowest BCUT2D eigenvalue weighted by atomic mass is 9.99. The number of hydrogen-bond acceptors (Lipinski definition) is 4. The van der Waals surface area contributed by atoms with Gasteiger partial charge in [-0.05, 0) is 32.5 Å². The number of piperazine rings is 1. The molecule has 0 aliphatic carbocycles. The average molecular weight is 278 g/mol. The molecule has 2 N–H and O–H groups in total. The van der Waals surface area contributed by atoms with Crippen LogP contribution in [0.3, 0.4) is 0 Å². The van der Waals surface area contributed by atoms with Crippen molar-refractivity contribution in [1.82, 2.24) is 14.8 Å². The van der Waals surface area contributed by atoms with Gasteiger partial charge in [0.25, 0.3) is 0 Å². The van der Waals surface area contributed by atoms with Crippen LogP contribution in [0, 0.1) is 0 Å². The summed E-state index contributed by atoms with van der Waals surface area (Å²) in [4.78, 5) is 9.52. The van der Waals surface area contributed by atoms with Crippen molar-refractivity contribution >= 4 is 17.2 Å². The number of likely N-dealkylation sites (N-methyl/N-ethyl adjacent to an activating group) is 1. The van der Waals surface area contributed by atoms with Crippen molar-refractivity contribution in [1.29, 1.82) is 0 Å². The van der Waals surface area contributed by atoms with Crippen LogP contribution in [0.15, 0.2) is 18.3 Å². The van der Waals surface area contributed by atoms with Crippen molar-refractivity contribution in [2.45, 2.75) is 25.9 Å². The molecular weight excluding hydrogens is 256 g/mol. The first-order valence-electron chi connectivity index (χ1n) is 6.57. The molecular formula is C14H22N4S. The summed E-state index contributed by atoms with van der Waals surface area (Å²) >= 11 is 5.07. The zero-order valence-electron chi connectivity index (χ0n) is 11.9. The predicted molar refractivity (Wildman–Crippen MR) is 82.1 cm³/mol. The minimum absolute atomic E-state index is 0.198. The highest BCUT2D eigenvalue weighted by Gasteiger charge is 2.31. The van der Waals surface area contributed by atoms with E-state index >= 15 is 0 Å². The topological polar surface area (TPSA) is 45.4 Å². The molecule has 1 fully saturated rings. The molecule has 0 bridgehead atoms. The van der Waals surface area contributed by atoms with Crippen LogP contribution in [0.1, 0.15) is 25.1 Å². The molecule has 1 aromatic rings. The number of aromatic nitrogens is 1. The second-order valence-electron chi connectivity index (χ2n) is 5.82. The molecule has 0 unspecified atom stereocenters. The number of rotatable bonds is 3. The maximum Gasteiger partial charge on any atom is 0.123 e. The molecule has 5 heteroatoms. The second-order valence-corrected chi connectivity index (χ2v) is 6.26. The van der Waals surface area contributed by atoms with Crippen LogP contribution in [0.5, 0.6) is 0 Å². The molecule has 19 heavy (non-hydrogen) atoms. The predicted octanol–water partition coefficient (Wildman–Crippen LogP) is 1.24. The fourth-order valence-electron chi connectivity index (χ4n) is 2.50. The third-order valence-electron chi connectivity index (χ3n) is 3.91. The van der Waals surface area contributed by atoms with E-state index in [1.165, 1.54) is 0 Å². The lowest BCUT2D eigenvalue weighted by Gasteiger charge is -2.45. The summed E-state index contributed by atoms with van der Waals surface area (Å²) in [5.41, 5.74) is 7.81. The SMILES string of the molecule is CN1CCN(Cc2cccnc2C(N)=S)CC1(C)C. The summed E-state index contributed by atoms with van der Waals surface area (Å²) in [6.07, 6.45) is 1.74. The van der Waals surface area contributed by atoms with Crippen LogP contribution in [-0.2, 0) is 6.54 Å². The summed E-state index contributed by atoms with van der Waals surface area (Å²) in [6.45, 7) is 8.59. The van der Waals surface area contributed by atoms with Crippen LogP contribution in [0.2, 0.25) is 0 Å². The first-order valence-corrected chi connectivity index (χ1v) is 6.98. The van der Waals surface area contributed by atoms with Gasteiger partial charge in [0.15, 0.2) is 0 Å². The van der Waals surface area contributed by atoms with E-state index in [4.69, 9.17) is 18.0 Å². The van der Waals surface area contributed by atoms with Gasteiger partial charge in [-0.3, -0.25) is 14.8 Å². The molecule has 0 saturated carbocycles. The molecule has 0 radical (unpaired) electrons. The maximum atomic E-state index is 5.74. The van der Waals surface area contributed by atoms with Gasteiger partial charge in [0.1, 0.15) is 10.7 Å². The van der Waals surface area contributed by atoms with Gasteiger partial charge in [-0.2, -0.15) is 0 Å². The van der Waals surface area contributed by atoms with Gasteiger partial charge in [-0.25, -0.2) is 0 Å². The molecule has 4 nitrogen and oxygen atoms in total. The molecule has 1 aliphatic rings. The minimum Gasteiger partial charge on any atom is -0.388 e. The first-order chi connectivity index (χ1) is 8.90. The lowest BCUT2D eigenvalue weighted by Crippen LogP contribution is -2.57. The molecule has 2 rings (SSSR count). The van der Waals surface area contributed by atoms with E-state index in [0.29, 0.717) is 4.99 Å². The van der Waals surface area contributed by atoms with E-state index < -0.39 is 0 Å². The quantitative estimate of drug-likeness (QED) is 0.843. The third kappa shape index (κ3) is 3.29. The van der Waals surface area contributed by atoms with Gasteiger partial charge in [-0.1, -0.05) is 18.3 Å². The zero-order chi connectivity index (χ0) is 14.0. The first kappa shape index (κ1) is 14.4. The standard InChI is InChI=1S/C14H22N4S/c1-14(2)10-18(8-7-17(14)3)9-11-5-4-6-16-12(11)13(15)19/h4-6H,7-10H2,1-3H3,(H2,15,19). The summed E-state index contributed by atoms with van der Waals surface area (Å²) in [7, 11) is 2.18. The van der Waals surface area contributed by atoms with E-state index in [9.17, 15) is 0 Å². The number of thiocarbonyl (C=S) groups is 1. The Morgan fingerprint density at radius 3 is 2.84 bits per heavy atom. The summed E-state index contributed by atoms with van der Waals surface area (Å²) < 4.78 is 0. The van der Waals surface area contributed by atoms with Gasteiger partial charge >= 0.3 is 0 Å². The van der Waals surface area contributed by atoms with Crippen LogP contribution in [0.4, 0.5) is 0 Å². The molecule has 104 valence electrons. The molecule has 0 spiro atoms. The summed E-state index contributed by atoms with van der Waals surface area (Å²) in [5, 5.41) is 0. The monoisotopic (exact) mass is 278 g/mol. The Balaban J connectivity index is 2.12. The van der Waals surface area contributed by atoms with E-state index in [2.05, 4.69) is 41.7 Å². The van der Waals surface area contributed by atoms with Crippen LogP contribution in [-0.4, -0.2) is 52.0 Å².